The number of primary sulfonamides is 1. The Morgan fingerprint density at radius 1 is 1.40 bits per heavy atom. The first-order chi connectivity index (χ1) is 9.18. The molecule has 0 spiro atoms. The fraction of sp³-hybridized carbons (Fsp3) is 0.583. The maximum absolute atomic E-state index is 12.5. The molecule has 1 aromatic heterocycles. The molecule has 112 valence electrons. The van der Waals surface area contributed by atoms with Crippen molar-refractivity contribution in [3.05, 3.63) is 15.8 Å². The fourth-order valence-electron chi connectivity index (χ4n) is 2.50. The smallest absolute Gasteiger partial charge is 0.264 e. The average Bonchev–Trinajstić information content (AvgIpc) is 2.68. The van der Waals surface area contributed by atoms with Gasteiger partial charge in [-0.25, -0.2) is 13.6 Å². The van der Waals surface area contributed by atoms with Gasteiger partial charge in [-0.2, -0.15) is 0 Å². The molecule has 1 amide bonds. The quantitative estimate of drug-likeness (QED) is 0.832. The van der Waals surface area contributed by atoms with Crippen molar-refractivity contribution < 1.29 is 13.2 Å². The largest absolute Gasteiger partial charge is 0.335 e. The van der Waals surface area contributed by atoms with E-state index in [4.69, 9.17) is 5.14 Å². The van der Waals surface area contributed by atoms with Crippen molar-refractivity contribution in [3.8, 4) is 0 Å². The van der Waals surface area contributed by atoms with Crippen molar-refractivity contribution in [3.63, 3.8) is 0 Å². The Bertz CT molecular complexity index is 614. The van der Waals surface area contributed by atoms with Crippen molar-refractivity contribution in [1.82, 2.24) is 10.2 Å². The molecule has 20 heavy (non-hydrogen) atoms. The molecule has 2 heterocycles. The summed E-state index contributed by atoms with van der Waals surface area (Å²) in [7, 11) is -3.77. The van der Waals surface area contributed by atoms with Gasteiger partial charge in [-0.3, -0.25) is 4.79 Å². The summed E-state index contributed by atoms with van der Waals surface area (Å²) in [5.41, 5.74) is 0. The number of amides is 1. The van der Waals surface area contributed by atoms with Gasteiger partial charge in [0.25, 0.3) is 5.91 Å². The number of carbonyl (C=O) groups excluding carboxylic acids is 1. The number of nitrogens with one attached hydrogen (secondary N) is 1. The predicted octanol–water partition coefficient (Wildman–Crippen LogP) is 0.526. The molecule has 3 N–H and O–H groups in total. The molecule has 0 saturated carbocycles. The molecule has 1 saturated heterocycles. The summed E-state index contributed by atoms with van der Waals surface area (Å²) < 4.78 is 22.8. The minimum Gasteiger partial charge on any atom is -0.335 e. The van der Waals surface area contributed by atoms with E-state index in [2.05, 4.69) is 5.32 Å². The number of sulfonamides is 1. The van der Waals surface area contributed by atoms with Crippen LogP contribution in [0.2, 0.25) is 0 Å². The van der Waals surface area contributed by atoms with Crippen LogP contribution in [-0.2, 0) is 10.0 Å². The molecule has 1 aliphatic rings. The number of aryl methyl sites for hydroxylation is 1. The number of rotatable bonds is 2. The minimum absolute atomic E-state index is 0.0436. The molecular formula is C12H19N3O3S2. The number of nitrogens with zero attached hydrogens (tertiary/aromatic N) is 1. The first-order valence-corrected chi connectivity index (χ1v) is 8.73. The van der Waals surface area contributed by atoms with E-state index in [1.165, 1.54) is 17.4 Å². The number of piperazine rings is 1. The summed E-state index contributed by atoms with van der Waals surface area (Å²) >= 11 is 1.17. The monoisotopic (exact) mass is 317 g/mol. The number of hydrogen-bond acceptors (Lipinski definition) is 5. The second-order valence-electron chi connectivity index (χ2n) is 5.25. The minimum atomic E-state index is -3.77. The van der Waals surface area contributed by atoms with Crippen molar-refractivity contribution in [2.75, 3.05) is 13.1 Å². The first kappa shape index (κ1) is 15.4. The van der Waals surface area contributed by atoms with Gasteiger partial charge in [0.2, 0.25) is 10.0 Å². The number of carbonyl (C=O) groups is 1. The van der Waals surface area contributed by atoms with Gasteiger partial charge in [0.05, 0.1) is 9.77 Å². The third-order valence-corrected chi connectivity index (χ3v) is 5.44. The van der Waals surface area contributed by atoms with Crippen molar-refractivity contribution in [2.24, 2.45) is 5.14 Å². The zero-order valence-corrected chi connectivity index (χ0v) is 13.3. The topological polar surface area (TPSA) is 92.5 Å². The Balaban J connectivity index is 2.26. The lowest BCUT2D eigenvalue weighted by atomic mass is 10.1. The van der Waals surface area contributed by atoms with E-state index in [-0.39, 0.29) is 22.9 Å². The van der Waals surface area contributed by atoms with Gasteiger partial charge in [-0.05, 0) is 26.8 Å². The Morgan fingerprint density at radius 2 is 1.95 bits per heavy atom. The second-order valence-corrected chi connectivity index (χ2v) is 8.04. The molecule has 1 aliphatic heterocycles. The van der Waals surface area contributed by atoms with Gasteiger partial charge in [0.1, 0.15) is 0 Å². The zero-order valence-electron chi connectivity index (χ0n) is 11.7. The molecule has 8 heteroatoms. The molecule has 0 aromatic carbocycles. The lowest BCUT2D eigenvalue weighted by Gasteiger charge is -2.35. The van der Waals surface area contributed by atoms with Crippen LogP contribution < -0.4 is 10.5 Å². The van der Waals surface area contributed by atoms with Gasteiger partial charge >= 0.3 is 0 Å². The third-order valence-electron chi connectivity index (χ3n) is 3.23. The van der Waals surface area contributed by atoms with Gasteiger partial charge in [0.15, 0.2) is 0 Å². The van der Waals surface area contributed by atoms with Crippen molar-refractivity contribution in [1.29, 1.82) is 0 Å². The highest BCUT2D eigenvalue weighted by Crippen LogP contribution is 2.26. The van der Waals surface area contributed by atoms with Crippen LogP contribution in [0.25, 0.3) is 0 Å². The Labute approximate surface area is 123 Å². The fourth-order valence-corrected chi connectivity index (χ4v) is 4.62. The molecule has 2 atom stereocenters. The highest BCUT2D eigenvalue weighted by molar-refractivity contribution is 7.89. The lowest BCUT2D eigenvalue weighted by molar-refractivity contribution is 0.0678. The molecular weight excluding hydrogens is 298 g/mol. The van der Waals surface area contributed by atoms with E-state index in [0.717, 1.165) is 0 Å². The van der Waals surface area contributed by atoms with Crippen LogP contribution >= 0.6 is 11.3 Å². The van der Waals surface area contributed by atoms with Crippen LogP contribution in [0.5, 0.6) is 0 Å². The molecule has 1 fully saturated rings. The van der Waals surface area contributed by atoms with Crippen molar-refractivity contribution >= 4 is 27.3 Å². The van der Waals surface area contributed by atoms with Gasteiger partial charge < -0.3 is 10.2 Å². The molecule has 1 aromatic rings. The van der Waals surface area contributed by atoms with E-state index < -0.39 is 10.0 Å². The Morgan fingerprint density at radius 3 is 2.40 bits per heavy atom. The Hall–Kier alpha value is -0.960. The average molecular weight is 317 g/mol. The van der Waals surface area contributed by atoms with Gasteiger partial charge in [0, 0.05) is 30.1 Å². The SMILES string of the molecule is Cc1sc(C(=O)N2C[C@@H](C)N[C@@H](C)C2)cc1S(N)(=O)=O. The molecule has 2 rings (SSSR count). The van der Waals surface area contributed by atoms with E-state index in [1.807, 2.05) is 13.8 Å². The lowest BCUT2D eigenvalue weighted by Crippen LogP contribution is -2.55. The van der Waals surface area contributed by atoms with Crippen LogP contribution in [0.15, 0.2) is 11.0 Å². The number of nitrogens with two attached hydrogens (primary N) is 1. The van der Waals surface area contributed by atoms with E-state index >= 15 is 0 Å². The number of thiophene rings is 1. The van der Waals surface area contributed by atoms with Crippen LogP contribution in [0.1, 0.15) is 28.4 Å². The molecule has 6 nitrogen and oxygen atoms in total. The van der Waals surface area contributed by atoms with Gasteiger partial charge in [-0.15, -0.1) is 11.3 Å². The summed E-state index contributed by atoms with van der Waals surface area (Å²) in [6, 6.07) is 1.83. The first-order valence-electron chi connectivity index (χ1n) is 6.37. The highest BCUT2D eigenvalue weighted by Gasteiger charge is 2.28. The van der Waals surface area contributed by atoms with E-state index in [0.29, 0.717) is 22.8 Å². The zero-order chi connectivity index (χ0) is 15.1. The van der Waals surface area contributed by atoms with E-state index in [1.54, 1.807) is 11.8 Å². The summed E-state index contributed by atoms with van der Waals surface area (Å²) in [5.74, 6) is -0.131. The Kier molecular flexibility index (Phi) is 4.19. The summed E-state index contributed by atoms with van der Waals surface area (Å²) in [5, 5.41) is 8.49. The summed E-state index contributed by atoms with van der Waals surface area (Å²) in [6.07, 6.45) is 0. The number of hydrogen-bond donors (Lipinski definition) is 2. The maximum atomic E-state index is 12.5. The van der Waals surface area contributed by atoms with E-state index in [9.17, 15) is 13.2 Å². The molecule has 0 unspecified atom stereocenters. The predicted molar refractivity (Wildman–Crippen MR) is 78.4 cm³/mol. The third kappa shape index (κ3) is 3.20. The standard InChI is InChI=1S/C12H19N3O3S2/c1-7-5-15(6-8(2)14-7)12(16)10-4-11(9(3)19-10)20(13,17)18/h4,7-8,14H,5-6H2,1-3H3,(H2,13,17,18)/t7-,8+. The van der Waals surface area contributed by atoms with Crippen LogP contribution in [0, 0.1) is 6.92 Å². The van der Waals surface area contributed by atoms with Crippen LogP contribution in [0.4, 0.5) is 0 Å². The highest BCUT2D eigenvalue weighted by atomic mass is 32.2. The van der Waals surface area contributed by atoms with Crippen LogP contribution in [-0.4, -0.2) is 44.4 Å². The van der Waals surface area contributed by atoms with Gasteiger partial charge in [-0.1, -0.05) is 0 Å². The molecule has 0 aliphatic carbocycles. The summed E-state index contributed by atoms with van der Waals surface area (Å²) in [4.78, 5) is 15.2. The normalized spacial score (nSPS) is 23.9. The second kappa shape index (κ2) is 5.44. The van der Waals surface area contributed by atoms with Crippen LogP contribution in [0.3, 0.4) is 0 Å². The van der Waals surface area contributed by atoms with Crippen molar-refractivity contribution in [2.45, 2.75) is 37.8 Å². The molecule has 0 bridgehead atoms. The molecule has 0 radical (unpaired) electrons. The summed E-state index contributed by atoms with van der Waals surface area (Å²) in [6.45, 7) is 6.93. The maximum Gasteiger partial charge on any atom is 0.264 e.